The Bertz CT molecular complexity index is 676. The number of hydrogen-bond acceptors (Lipinski definition) is 7. The second-order valence-corrected chi connectivity index (χ2v) is 6.92. The molecular formula is C20H26O7. The van der Waals surface area contributed by atoms with Gasteiger partial charge in [0.05, 0.1) is 18.4 Å². The van der Waals surface area contributed by atoms with Gasteiger partial charge in [0.1, 0.15) is 24.6 Å². The zero-order valence-corrected chi connectivity index (χ0v) is 15.6. The van der Waals surface area contributed by atoms with E-state index in [0.29, 0.717) is 31.1 Å². The van der Waals surface area contributed by atoms with E-state index in [1.165, 1.54) is 0 Å². The third-order valence-corrected chi connectivity index (χ3v) is 5.12. The molecule has 0 bridgehead atoms. The highest BCUT2D eigenvalue weighted by Gasteiger charge is 2.48. The molecule has 1 aliphatic heterocycles. The van der Waals surface area contributed by atoms with Gasteiger partial charge in [0.25, 0.3) is 0 Å². The zero-order valence-electron chi connectivity index (χ0n) is 15.6. The first-order valence-corrected chi connectivity index (χ1v) is 9.08. The van der Waals surface area contributed by atoms with Crippen molar-refractivity contribution in [3.63, 3.8) is 0 Å². The highest BCUT2D eigenvalue weighted by atomic mass is 16.6. The van der Waals surface area contributed by atoms with E-state index in [0.717, 1.165) is 0 Å². The molecule has 2 rings (SSSR count). The first-order chi connectivity index (χ1) is 12.8. The van der Waals surface area contributed by atoms with Gasteiger partial charge in [-0.15, -0.1) is 0 Å². The summed E-state index contributed by atoms with van der Waals surface area (Å²) in [7, 11) is 0. The van der Waals surface area contributed by atoms with Crippen molar-refractivity contribution in [3.8, 4) is 0 Å². The van der Waals surface area contributed by atoms with Crippen molar-refractivity contribution in [1.29, 1.82) is 0 Å². The van der Waals surface area contributed by atoms with Crippen LogP contribution in [0.2, 0.25) is 0 Å². The number of aliphatic hydroxyl groups is 2. The Hall–Kier alpha value is -2.25. The van der Waals surface area contributed by atoms with Gasteiger partial charge in [0.2, 0.25) is 0 Å². The van der Waals surface area contributed by atoms with Crippen molar-refractivity contribution in [2.75, 3.05) is 6.61 Å². The van der Waals surface area contributed by atoms with Gasteiger partial charge in [0.15, 0.2) is 0 Å². The van der Waals surface area contributed by atoms with E-state index < -0.39 is 42.1 Å². The Morgan fingerprint density at radius 3 is 2.81 bits per heavy atom. The molecule has 7 heteroatoms. The molecule has 0 aromatic rings. The lowest BCUT2D eigenvalue weighted by Crippen LogP contribution is -2.43. The predicted octanol–water partition coefficient (Wildman–Crippen LogP) is 1.24. The van der Waals surface area contributed by atoms with Crippen molar-refractivity contribution in [1.82, 2.24) is 0 Å². The summed E-state index contributed by atoms with van der Waals surface area (Å²) in [6, 6.07) is 0. The average Bonchev–Trinajstić information content (AvgIpc) is 2.94. The van der Waals surface area contributed by atoms with Crippen LogP contribution in [0, 0.1) is 11.8 Å². The van der Waals surface area contributed by atoms with Crippen molar-refractivity contribution in [2.24, 2.45) is 11.8 Å². The summed E-state index contributed by atoms with van der Waals surface area (Å²) in [6.07, 6.45) is 1.57. The summed E-state index contributed by atoms with van der Waals surface area (Å²) in [5, 5.41) is 20.3. The molecule has 5 atom stereocenters. The number of carbonyl (C=O) groups excluding carboxylic acids is 3. The summed E-state index contributed by atoms with van der Waals surface area (Å²) in [5.41, 5.74) is 0.736. The lowest BCUT2D eigenvalue weighted by atomic mass is 9.83. The van der Waals surface area contributed by atoms with Crippen LogP contribution in [0.15, 0.2) is 35.5 Å². The second-order valence-electron chi connectivity index (χ2n) is 6.92. The first-order valence-electron chi connectivity index (χ1n) is 9.08. The van der Waals surface area contributed by atoms with Crippen molar-refractivity contribution < 1.29 is 34.1 Å². The third kappa shape index (κ3) is 4.54. The molecule has 1 heterocycles. The van der Waals surface area contributed by atoms with Crippen LogP contribution in [0.25, 0.3) is 0 Å². The lowest BCUT2D eigenvalue weighted by Gasteiger charge is -2.31. The maximum absolute atomic E-state index is 12.4. The lowest BCUT2D eigenvalue weighted by molar-refractivity contribution is -0.162. The predicted molar refractivity (Wildman–Crippen MR) is 96.4 cm³/mol. The Morgan fingerprint density at radius 1 is 1.52 bits per heavy atom. The molecule has 0 saturated carbocycles. The fraction of sp³-hybridized carbons (Fsp3) is 0.550. The van der Waals surface area contributed by atoms with Crippen LogP contribution < -0.4 is 0 Å². The number of hydrogen-bond donors (Lipinski definition) is 2. The number of carbonyl (C=O) groups is 3. The minimum atomic E-state index is -1.42. The third-order valence-electron chi connectivity index (χ3n) is 5.12. The second kappa shape index (κ2) is 9.10. The number of fused-ring (bicyclic) bond motifs is 1. The molecule has 27 heavy (non-hydrogen) atoms. The first kappa shape index (κ1) is 21.1. The van der Waals surface area contributed by atoms with Crippen molar-refractivity contribution in [2.45, 2.75) is 51.4 Å². The van der Waals surface area contributed by atoms with Gasteiger partial charge in [0, 0.05) is 11.1 Å². The summed E-state index contributed by atoms with van der Waals surface area (Å²) in [6.45, 7) is 7.01. The van der Waals surface area contributed by atoms with Gasteiger partial charge < -0.3 is 19.7 Å². The highest BCUT2D eigenvalue weighted by Crippen LogP contribution is 2.36. The van der Waals surface area contributed by atoms with E-state index in [1.807, 2.05) is 6.92 Å². The molecule has 0 amide bonds. The summed E-state index contributed by atoms with van der Waals surface area (Å²) < 4.78 is 10.9. The summed E-state index contributed by atoms with van der Waals surface area (Å²) in [5.74, 6) is -2.47. The molecule has 2 aliphatic rings. The largest absolute Gasteiger partial charge is 0.458 e. The fourth-order valence-electron chi connectivity index (χ4n) is 3.18. The van der Waals surface area contributed by atoms with Gasteiger partial charge in [-0.25, -0.2) is 4.79 Å². The number of ether oxygens (including phenoxy) is 2. The molecule has 148 valence electrons. The summed E-state index contributed by atoms with van der Waals surface area (Å²) >= 11 is 0. The van der Waals surface area contributed by atoms with Crippen LogP contribution in [0.3, 0.4) is 0 Å². The Balaban J connectivity index is 2.50. The van der Waals surface area contributed by atoms with E-state index in [9.17, 15) is 24.6 Å². The molecule has 2 N–H and O–H groups in total. The van der Waals surface area contributed by atoms with Crippen molar-refractivity contribution in [3.05, 3.63) is 35.5 Å². The average molecular weight is 378 g/mol. The SMILES string of the molecule is C=C1C(=O)O[C@@H]2/C=C(\CO)CCC=C(C=O)[C@H](O)[C@H](OC(=O)[C@H](C)CC)[C@H]12. The smallest absolute Gasteiger partial charge is 0.334 e. The monoisotopic (exact) mass is 378 g/mol. The molecule has 7 nitrogen and oxygen atoms in total. The minimum Gasteiger partial charge on any atom is -0.458 e. The Kier molecular flexibility index (Phi) is 7.10. The van der Waals surface area contributed by atoms with Crippen LogP contribution >= 0.6 is 0 Å². The topological polar surface area (TPSA) is 110 Å². The van der Waals surface area contributed by atoms with Crippen LogP contribution in [-0.2, 0) is 23.9 Å². The highest BCUT2D eigenvalue weighted by molar-refractivity contribution is 5.91. The van der Waals surface area contributed by atoms with Crippen molar-refractivity contribution >= 4 is 18.2 Å². The van der Waals surface area contributed by atoms with Crippen LogP contribution in [0.5, 0.6) is 0 Å². The Labute approximate surface area is 158 Å². The molecule has 0 aromatic carbocycles. The van der Waals surface area contributed by atoms with Gasteiger partial charge in [-0.3, -0.25) is 9.59 Å². The molecule has 1 saturated heterocycles. The minimum absolute atomic E-state index is 0.0559. The Morgan fingerprint density at radius 2 is 2.22 bits per heavy atom. The van der Waals surface area contributed by atoms with Crippen LogP contribution in [-0.4, -0.2) is 53.4 Å². The van der Waals surface area contributed by atoms with Gasteiger partial charge in [-0.05, 0) is 30.9 Å². The standard InChI is InChI=1S/C20H26O7/c1-4-11(2)19(24)27-18-16-12(3)20(25)26-15(16)8-13(9-21)6-5-7-14(10-22)17(18)23/h7-8,10-11,15-18,21,23H,3-6,9H2,1-2H3/b13-8-,14-7?/t11-,15-,16-,17+,18-/m1/s1. The van der Waals surface area contributed by atoms with Crippen LogP contribution in [0.1, 0.15) is 33.1 Å². The van der Waals surface area contributed by atoms with Gasteiger partial charge in [-0.2, -0.15) is 0 Å². The maximum atomic E-state index is 12.4. The number of esters is 2. The normalized spacial score (nSPS) is 31.7. The van der Waals surface area contributed by atoms with E-state index in [-0.39, 0.29) is 17.8 Å². The van der Waals surface area contributed by atoms with E-state index in [2.05, 4.69) is 6.58 Å². The van der Waals surface area contributed by atoms with Crippen LogP contribution in [0.4, 0.5) is 0 Å². The van der Waals surface area contributed by atoms with E-state index in [4.69, 9.17) is 9.47 Å². The molecule has 0 unspecified atom stereocenters. The summed E-state index contributed by atoms with van der Waals surface area (Å²) in [4.78, 5) is 36.0. The molecule has 0 spiro atoms. The number of rotatable bonds is 5. The number of aliphatic hydroxyl groups excluding tert-OH is 2. The van der Waals surface area contributed by atoms with E-state index in [1.54, 1.807) is 19.1 Å². The van der Waals surface area contributed by atoms with Gasteiger partial charge >= 0.3 is 11.9 Å². The number of aldehydes is 1. The molecule has 0 radical (unpaired) electrons. The van der Waals surface area contributed by atoms with E-state index >= 15 is 0 Å². The number of allylic oxidation sites excluding steroid dienone is 1. The molecule has 1 fully saturated rings. The zero-order chi connectivity index (χ0) is 20.1. The van der Waals surface area contributed by atoms with Gasteiger partial charge in [-0.1, -0.05) is 26.5 Å². The maximum Gasteiger partial charge on any atom is 0.334 e. The molecular weight excluding hydrogens is 352 g/mol. The quantitative estimate of drug-likeness (QED) is 0.320. The molecule has 1 aliphatic carbocycles. The fourth-order valence-corrected chi connectivity index (χ4v) is 3.18. The molecule has 0 aromatic heterocycles.